The lowest BCUT2D eigenvalue weighted by atomic mass is 9.73. The summed E-state index contributed by atoms with van der Waals surface area (Å²) >= 11 is 0. The molecule has 2 aromatic rings. The third-order valence-corrected chi connectivity index (χ3v) is 4.12. The number of hydrogen-bond acceptors (Lipinski definition) is 2. The van der Waals surface area contributed by atoms with E-state index in [4.69, 9.17) is 4.98 Å². The lowest BCUT2D eigenvalue weighted by molar-refractivity contribution is 0.0330. The predicted octanol–water partition coefficient (Wildman–Crippen LogP) is 3.75. The number of rotatable bonds is 1. The van der Waals surface area contributed by atoms with Crippen molar-refractivity contribution in [3.8, 4) is 11.3 Å². The smallest absolute Gasteiger partial charge is 0.0858 e. The first-order valence-electron chi connectivity index (χ1n) is 6.81. The van der Waals surface area contributed by atoms with Gasteiger partial charge in [0.25, 0.3) is 0 Å². The van der Waals surface area contributed by atoms with Gasteiger partial charge in [-0.1, -0.05) is 50.2 Å². The molecule has 0 fully saturated rings. The maximum Gasteiger partial charge on any atom is 0.0858 e. The average molecular weight is 253 g/mol. The standard InChI is InChI=1S/C17H19NO/c1-17(2)11-10-15-13(16(17)19)8-9-14(18-15)12-6-4-3-5-7-12/h3-9,16,19H,10-11H2,1-2H3. The van der Waals surface area contributed by atoms with Crippen LogP contribution in [0.2, 0.25) is 0 Å². The van der Waals surface area contributed by atoms with Crippen molar-refractivity contribution in [2.45, 2.75) is 32.8 Å². The summed E-state index contributed by atoms with van der Waals surface area (Å²) in [4.78, 5) is 4.74. The minimum Gasteiger partial charge on any atom is -0.388 e. The second-order valence-corrected chi connectivity index (χ2v) is 5.99. The summed E-state index contributed by atoms with van der Waals surface area (Å²) in [5.74, 6) is 0. The Hall–Kier alpha value is -1.67. The van der Waals surface area contributed by atoms with Crippen LogP contribution in [0.25, 0.3) is 11.3 Å². The molecular formula is C17H19NO. The first kappa shape index (κ1) is 12.4. The highest BCUT2D eigenvalue weighted by atomic mass is 16.3. The first-order valence-corrected chi connectivity index (χ1v) is 6.81. The van der Waals surface area contributed by atoms with Gasteiger partial charge in [0.2, 0.25) is 0 Å². The molecule has 0 spiro atoms. The second kappa shape index (κ2) is 4.46. The van der Waals surface area contributed by atoms with Gasteiger partial charge in [-0.15, -0.1) is 0 Å². The molecule has 2 heteroatoms. The van der Waals surface area contributed by atoms with Crippen molar-refractivity contribution in [3.05, 3.63) is 53.7 Å². The van der Waals surface area contributed by atoms with E-state index >= 15 is 0 Å². The molecule has 1 aromatic carbocycles. The van der Waals surface area contributed by atoms with Crippen LogP contribution < -0.4 is 0 Å². The molecule has 1 unspecified atom stereocenters. The van der Waals surface area contributed by atoms with Gasteiger partial charge in [-0.25, -0.2) is 0 Å². The van der Waals surface area contributed by atoms with Gasteiger partial charge in [0, 0.05) is 16.8 Å². The maximum absolute atomic E-state index is 10.4. The van der Waals surface area contributed by atoms with Crippen molar-refractivity contribution in [2.75, 3.05) is 0 Å². The summed E-state index contributed by atoms with van der Waals surface area (Å²) in [5.41, 5.74) is 4.11. The van der Waals surface area contributed by atoms with E-state index in [0.717, 1.165) is 35.4 Å². The summed E-state index contributed by atoms with van der Waals surface area (Å²) in [6.07, 6.45) is 1.51. The van der Waals surface area contributed by atoms with E-state index in [0.29, 0.717) is 0 Å². The van der Waals surface area contributed by atoms with Gasteiger partial charge in [0.15, 0.2) is 0 Å². The minimum atomic E-state index is -0.409. The van der Waals surface area contributed by atoms with Gasteiger partial charge < -0.3 is 5.11 Å². The van der Waals surface area contributed by atoms with Crippen molar-refractivity contribution < 1.29 is 5.11 Å². The fourth-order valence-electron chi connectivity index (χ4n) is 2.73. The number of pyridine rings is 1. The van der Waals surface area contributed by atoms with E-state index < -0.39 is 6.10 Å². The number of nitrogens with zero attached hydrogens (tertiary/aromatic N) is 1. The summed E-state index contributed by atoms with van der Waals surface area (Å²) in [6.45, 7) is 4.23. The highest BCUT2D eigenvalue weighted by Crippen LogP contribution is 2.43. The van der Waals surface area contributed by atoms with Crippen LogP contribution in [0.3, 0.4) is 0 Å². The molecule has 3 rings (SSSR count). The Labute approximate surface area is 114 Å². The minimum absolute atomic E-state index is 0.0526. The SMILES string of the molecule is CC1(C)CCc2nc(-c3ccccc3)ccc2C1O. The van der Waals surface area contributed by atoms with Gasteiger partial charge in [-0.3, -0.25) is 4.98 Å². The molecule has 1 aliphatic rings. The highest BCUT2D eigenvalue weighted by Gasteiger charge is 2.35. The van der Waals surface area contributed by atoms with Crippen molar-refractivity contribution in [1.82, 2.24) is 4.98 Å². The van der Waals surface area contributed by atoms with E-state index in [-0.39, 0.29) is 5.41 Å². The van der Waals surface area contributed by atoms with Crippen LogP contribution >= 0.6 is 0 Å². The molecule has 19 heavy (non-hydrogen) atoms. The van der Waals surface area contributed by atoms with Crippen LogP contribution in [0.15, 0.2) is 42.5 Å². The molecule has 98 valence electrons. The topological polar surface area (TPSA) is 33.1 Å². The van der Waals surface area contributed by atoms with E-state index in [1.807, 2.05) is 30.3 Å². The molecule has 0 saturated carbocycles. The van der Waals surface area contributed by atoms with Gasteiger partial charge in [-0.05, 0) is 24.3 Å². The molecule has 0 saturated heterocycles. The lowest BCUT2D eigenvalue weighted by Gasteiger charge is -2.36. The van der Waals surface area contributed by atoms with Crippen molar-refractivity contribution in [2.24, 2.45) is 5.41 Å². The Kier molecular flexibility index (Phi) is 2.90. The predicted molar refractivity (Wildman–Crippen MR) is 76.7 cm³/mol. The lowest BCUT2D eigenvalue weighted by Crippen LogP contribution is -2.28. The van der Waals surface area contributed by atoms with E-state index in [1.54, 1.807) is 0 Å². The van der Waals surface area contributed by atoms with Crippen molar-refractivity contribution in [1.29, 1.82) is 0 Å². The Morgan fingerprint density at radius 1 is 1.11 bits per heavy atom. The number of aliphatic hydroxyl groups excluding tert-OH is 1. The van der Waals surface area contributed by atoms with Crippen LogP contribution in [0.4, 0.5) is 0 Å². The van der Waals surface area contributed by atoms with E-state index in [9.17, 15) is 5.11 Å². The molecular weight excluding hydrogens is 234 g/mol. The van der Waals surface area contributed by atoms with Gasteiger partial charge in [0.05, 0.1) is 11.8 Å². The summed E-state index contributed by atoms with van der Waals surface area (Å²) in [6, 6.07) is 14.2. The zero-order chi connectivity index (χ0) is 13.5. The first-order chi connectivity index (χ1) is 9.08. The summed E-state index contributed by atoms with van der Waals surface area (Å²) in [5, 5.41) is 10.4. The molecule has 2 nitrogen and oxygen atoms in total. The number of benzene rings is 1. The van der Waals surface area contributed by atoms with Gasteiger partial charge >= 0.3 is 0 Å². The van der Waals surface area contributed by atoms with Crippen LogP contribution in [0, 0.1) is 5.41 Å². The van der Waals surface area contributed by atoms with Crippen LogP contribution in [0.5, 0.6) is 0 Å². The van der Waals surface area contributed by atoms with Crippen LogP contribution in [-0.4, -0.2) is 10.1 Å². The molecule has 1 aromatic heterocycles. The normalized spacial score (nSPS) is 20.9. The Morgan fingerprint density at radius 2 is 1.84 bits per heavy atom. The maximum atomic E-state index is 10.4. The third kappa shape index (κ3) is 2.17. The zero-order valence-corrected chi connectivity index (χ0v) is 11.4. The quantitative estimate of drug-likeness (QED) is 0.839. The number of aliphatic hydroxyl groups is 1. The summed E-state index contributed by atoms with van der Waals surface area (Å²) < 4.78 is 0. The highest BCUT2D eigenvalue weighted by molar-refractivity contribution is 5.59. The molecule has 1 N–H and O–H groups in total. The number of aryl methyl sites for hydroxylation is 1. The van der Waals surface area contributed by atoms with E-state index in [2.05, 4.69) is 26.0 Å². The van der Waals surface area contributed by atoms with Crippen LogP contribution in [-0.2, 0) is 6.42 Å². The largest absolute Gasteiger partial charge is 0.388 e. The third-order valence-electron chi connectivity index (χ3n) is 4.12. The molecule has 0 amide bonds. The molecule has 0 aliphatic heterocycles. The summed E-state index contributed by atoms with van der Waals surface area (Å²) in [7, 11) is 0. The second-order valence-electron chi connectivity index (χ2n) is 5.99. The number of aromatic nitrogens is 1. The van der Waals surface area contributed by atoms with E-state index in [1.165, 1.54) is 0 Å². The van der Waals surface area contributed by atoms with Crippen molar-refractivity contribution in [3.63, 3.8) is 0 Å². The Bertz CT molecular complexity index is 589. The molecule has 1 aliphatic carbocycles. The molecule has 1 atom stereocenters. The molecule has 1 heterocycles. The average Bonchev–Trinajstić information content (AvgIpc) is 2.44. The number of hydrogen-bond donors (Lipinski definition) is 1. The Morgan fingerprint density at radius 3 is 2.58 bits per heavy atom. The molecule has 0 radical (unpaired) electrons. The van der Waals surface area contributed by atoms with Crippen molar-refractivity contribution >= 4 is 0 Å². The fraction of sp³-hybridized carbons (Fsp3) is 0.353. The number of fused-ring (bicyclic) bond motifs is 1. The van der Waals surface area contributed by atoms with Gasteiger partial charge in [0.1, 0.15) is 0 Å². The Balaban J connectivity index is 2.03. The monoisotopic (exact) mass is 253 g/mol. The zero-order valence-electron chi connectivity index (χ0n) is 11.4. The van der Waals surface area contributed by atoms with Gasteiger partial charge in [-0.2, -0.15) is 0 Å². The fourth-order valence-corrected chi connectivity index (χ4v) is 2.73. The van der Waals surface area contributed by atoms with Crippen LogP contribution in [0.1, 0.15) is 37.6 Å². The molecule has 0 bridgehead atoms.